The Morgan fingerprint density at radius 1 is 1.03 bits per heavy atom. The lowest BCUT2D eigenvalue weighted by molar-refractivity contribution is -0.127. The van der Waals surface area contributed by atoms with Crippen molar-refractivity contribution in [2.45, 2.75) is 46.6 Å². The largest absolute Gasteiger partial charge is 0.494 e. The fourth-order valence-corrected chi connectivity index (χ4v) is 2.68. The number of hydrogen-bond acceptors (Lipinski definition) is 5. The molecule has 0 saturated carbocycles. The lowest BCUT2D eigenvalue weighted by Gasteiger charge is -2.17. The fourth-order valence-electron chi connectivity index (χ4n) is 2.53. The zero-order valence-electron chi connectivity index (χ0n) is 18.3. The fraction of sp³-hybridized carbons (Fsp3) is 0.348. The molecule has 31 heavy (non-hydrogen) atoms. The molecule has 0 saturated heterocycles. The van der Waals surface area contributed by atoms with Gasteiger partial charge in [0, 0.05) is 5.56 Å². The van der Waals surface area contributed by atoms with E-state index in [9.17, 15) is 9.59 Å². The molecule has 0 aliphatic carbocycles. The van der Waals surface area contributed by atoms with Gasteiger partial charge in [0.25, 0.3) is 11.8 Å². The molecule has 0 aromatic heterocycles. The normalized spacial score (nSPS) is 11.2. The molecule has 3 N–H and O–H groups in total. The van der Waals surface area contributed by atoms with Crippen LogP contribution in [0.1, 0.15) is 48.2 Å². The van der Waals surface area contributed by atoms with Crippen LogP contribution in [0.4, 0.5) is 0 Å². The quantitative estimate of drug-likeness (QED) is 0.328. The number of benzene rings is 2. The molecule has 0 fully saturated rings. The Labute approximate surface area is 188 Å². The number of unbranched alkanes of at least 4 members (excludes halogenated alkanes) is 1. The first-order valence-corrected chi connectivity index (χ1v) is 10.6. The molecule has 7 nitrogen and oxygen atoms in total. The van der Waals surface area contributed by atoms with Crippen molar-refractivity contribution in [3.63, 3.8) is 0 Å². The van der Waals surface area contributed by atoms with E-state index < -0.39 is 17.9 Å². The molecule has 2 amide bonds. The van der Waals surface area contributed by atoms with Gasteiger partial charge in [-0.15, -0.1) is 0 Å². The van der Waals surface area contributed by atoms with Crippen molar-refractivity contribution in [2.24, 2.45) is 0 Å². The lowest BCUT2D eigenvalue weighted by Crippen LogP contribution is -2.51. The third-order valence-corrected chi connectivity index (χ3v) is 4.75. The number of amides is 2. The monoisotopic (exact) mass is 443 g/mol. The van der Waals surface area contributed by atoms with E-state index in [2.05, 4.69) is 23.1 Å². The third kappa shape index (κ3) is 7.90. The third-order valence-electron chi connectivity index (χ3n) is 4.55. The number of hydrogen-bond donors (Lipinski definition) is 3. The van der Waals surface area contributed by atoms with Crippen molar-refractivity contribution < 1.29 is 19.1 Å². The zero-order valence-corrected chi connectivity index (χ0v) is 19.1. The molecule has 166 valence electrons. The van der Waals surface area contributed by atoms with Gasteiger partial charge in [-0.25, -0.2) is 0 Å². The van der Waals surface area contributed by atoms with Crippen LogP contribution in [0.5, 0.6) is 11.5 Å². The highest BCUT2D eigenvalue weighted by atomic mass is 32.1. The minimum absolute atomic E-state index is 0.0333. The Morgan fingerprint density at radius 2 is 1.81 bits per heavy atom. The summed E-state index contributed by atoms with van der Waals surface area (Å²) < 4.78 is 11.3. The summed E-state index contributed by atoms with van der Waals surface area (Å²) in [5.74, 6) is 0.376. The Bertz CT molecular complexity index is 933. The summed E-state index contributed by atoms with van der Waals surface area (Å²) in [6.45, 7) is 8.27. The van der Waals surface area contributed by atoms with Crippen LogP contribution in [0.2, 0.25) is 0 Å². The van der Waals surface area contributed by atoms with Crippen LogP contribution in [0.25, 0.3) is 0 Å². The summed E-state index contributed by atoms with van der Waals surface area (Å²) in [4.78, 5) is 24.6. The van der Waals surface area contributed by atoms with Crippen molar-refractivity contribution in [3.8, 4) is 11.5 Å². The van der Waals surface area contributed by atoms with Crippen LogP contribution in [-0.2, 0) is 4.79 Å². The summed E-state index contributed by atoms with van der Waals surface area (Å²) in [6.07, 6.45) is 1.21. The van der Waals surface area contributed by atoms with E-state index in [4.69, 9.17) is 21.7 Å². The maximum atomic E-state index is 12.4. The van der Waals surface area contributed by atoms with Crippen molar-refractivity contribution in [1.29, 1.82) is 0 Å². The van der Waals surface area contributed by atoms with Crippen LogP contribution >= 0.6 is 12.2 Å². The van der Waals surface area contributed by atoms with E-state index in [1.807, 2.05) is 32.0 Å². The minimum Gasteiger partial charge on any atom is -0.494 e. The summed E-state index contributed by atoms with van der Waals surface area (Å²) in [6, 6.07) is 12.4. The smallest absolute Gasteiger partial charge is 0.279 e. The van der Waals surface area contributed by atoms with Crippen LogP contribution in [0.15, 0.2) is 42.5 Å². The Kier molecular flexibility index (Phi) is 9.27. The van der Waals surface area contributed by atoms with E-state index in [-0.39, 0.29) is 5.11 Å². The maximum absolute atomic E-state index is 12.4. The standard InChI is InChI=1S/C23H29N3O4S/c1-5-6-12-29-19-9-7-8-18(14-19)22(28)24-23(31)26-25-21(27)17(4)30-20-11-10-15(2)16(3)13-20/h7-11,13-14,17H,5-6,12H2,1-4H3,(H,25,27)(H2,24,26,28,31). The summed E-state index contributed by atoms with van der Waals surface area (Å²) >= 11 is 5.09. The Hall–Kier alpha value is -3.13. The maximum Gasteiger partial charge on any atom is 0.279 e. The topological polar surface area (TPSA) is 88.7 Å². The van der Waals surface area contributed by atoms with Gasteiger partial charge in [-0.05, 0) is 80.9 Å². The van der Waals surface area contributed by atoms with Crippen molar-refractivity contribution in [3.05, 3.63) is 59.2 Å². The highest BCUT2D eigenvalue weighted by Crippen LogP contribution is 2.17. The second-order valence-electron chi connectivity index (χ2n) is 7.13. The van der Waals surface area contributed by atoms with Gasteiger partial charge in [0.05, 0.1) is 6.61 Å². The molecule has 2 aromatic rings. The molecule has 0 spiro atoms. The number of carbonyl (C=O) groups is 2. The highest BCUT2D eigenvalue weighted by Gasteiger charge is 2.16. The number of hydrazine groups is 1. The molecular formula is C23H29N3O4S. The van der Waals surface area contributed by atoms with Crippen molar-refractivity contribution >= 4 is 29.1 Å². The van der Waals surface area contributed by atoms with Gasteiger partial charge in [-0.1, -0.05) is 25.5 Å². The molecule has 0 radical (unpaired) electrons. The zero-order chi connectivity index (χ0) is 22.8. The van der Waals surface area contributed by atoms with Crippen molar-refractivity contribution in [2.75, 3.05) is 6.61 Å². The Balaban J connectivity index is 1.81. The van der Waals surface area contributed by atoms with E-state index >= 15 is 0 Å². The van der Waals surface area contributed by atoms with Gasteiger partial charge in [0.15, 0.2) is 11.2 Å². The molecule has 0 bridgehead atoms. The van der Waals surface area contributed by atoms with E-state index in [1.165, 1.54) is 0 Å². The molecular weight excluding hydrogens is 414 g/mol. The average molecular weight is 444 g/mol. The highest BCUT2D eigenvalue weighted by molar-refractivity contribution is 7.80. The van der Waals surface area contributed by atoms with E-state index in [0.29, 0.717) is 23.7 Å². The molecule has 2 aromatic carbocycles. The first kappa shape index (κ1) is 24.1. The second kappa shape index (κ2) is 11.9. The summed E-state index contributed by atoms with van der Waals surface area (Å²) in [5.41, 5.74) is 7.57. The van der Waals surface area contributed by atoms with Crippen LogP contribution < -0.4 is 25.6 Å². The van der Waals surface area contributed by atoms with Gasteiger partial charge in [0.1, 0.15) is 11.5 Å². The molecule has 8 heteroatoms. The van der Waals surface area contributed by atoms with Crippen molar-refractivity contribution in [1.82, 2.24) is 16.2 Å². The van der Waals surface area contributed by atoms with Gasteiger partial charge in [-0.2, -0.15) is 0 Å². The number of carbonyl (C=O) groups excluding carboxylic acids is 2. The minimum atomic E-state index is -0.759. The predicted molar refractivity (Wildman–Crippen MR) is 124 cm³/mol. The first-order chi connectivity index (χ1) is 14.8. The van der Waals surface area contributed by atoms with Crippen LogP contribution in [-0.4, -0.2) is 29.6 Å². The summed E-state index contributed by atoms with van der Waals surface area (Å²) in [5, 5.41) is 2.49. The lowest BCUT2D eigenvalue weighted by atomic mass is 10.1. The van der Waals surface area contributed by atoms with E-state index in [1.54, 1.807) is 31.2 Å². The molecule has 0 heterocycles. The average Bonchev–Trinajstić information content (AvgIpc) is 2.75. The molecule has 1 unspecified atom stereocenters. The van der Waals surface area contributed by atoms with Gasteiger partial charge in [0.2, 0.25) is 0 Å². The van der Waals surface area contributed by atoms with Crippen LogP contribution in [0, 0.1) is 13.8 Å². The molecule has 0 aliphatic heterocycles. The number of thiocarbonyl (C=S) groups is 1. The van der Waals surface area contributed by atoms with E-state index in [0.717, 1.165) is 24.0 Å². The molecule has 1 atom stereocenters. The second-order valence-corrected chi connectivity index (χ2v) is 7.54. The molecule has 2 rings (SSSR count). The number of aryl methyl sites for hydroxylation is 2. The predicted octanol–water partition coefficient (Wildman–Crippen LogP) is 3.59. The summed E-state index contributed by atoms with van der Waals surface area (Å²) in [7, 11) is 0. The van der Waals surface area contributed by atoms with Gasteiger partial charge in [-0.3, -0.25) is 25.8 Å². The molecule has 0 aliphatic rings. The van der Waals surface area contributed by atoms with Gasteiger partial charge >= 0.3 is 0 Å². The SMILES string of the molecule is CCCCOc1cccc(C(=O)NC(=S)NNC(=O)C(C)Oc2ccc(C)c(C)c2)c1. The van der Waals surface area contributed by atoms with Crippen LogP contribution in [0.3, 0.4) is 0 Å². The Morgan fingerprint density at radius 3 is 2.52 bits per heavy atom. The van der Waals surface area contributed by atoms with Gasteiger partial charge < -0.3 is 9.47 Å². The number of ether oxygens (including phenoxy) is 2. The number of nitrogens with one attached hydrogen (secondary N) is 3. The number of rotatable bonds is 8. The first-order valence-electron chi connectivity index (χ1n) is 10.2.